The Kier molecular flexibility index (Phi) is 5.24. The normalized spacial score (nSPS) is 16.4. The van der Waals surface area contributed by atoms with Crippen LogP contribution in [-0.2, 0) is 6.42 Å². The van der Waals surface area contributed by atoms with Crippen molar-refractivity contribution in [1.29, 1.82) is 0 Å². The average molecular weight is 281 g/mol. The van der Waals surface area contributed by atoms with Crippen LogP contribution >= 0.6 is 0 Å². The zero-order valence-corrected chi connectivity index (χ0v) is 12.5. The van der Waals surface area contributed by atoms with Crippen LogP contribution in [0.25, 0.3) is 0 Å². The number of ether oxygens (including phenoxy) is 2. The minimum Gasteiger partial charge on any atom is -0.493 e. The minimum atomic E-state index is -0.194. The lowest BCUT2D eigenvalue weighted by molar-refractivity contribution is 0.228. The van der Waals surface area contributed by atoms with Gasteiger partial charge >= 0.3 is 0 Å². The third kappa shape index (κ3) is 3.85. The molecule has 1 fully saturated rings. The van der Waals surface area contributed by atoms with Crippen LogP contribution in [0.1, 0.15) is 32.3 Å². The molecule has 112 valence electrons. The van der Waals surface area contributed by atoms with Crippen molar-refractivity contribution in [2.45, 2.75) is 39.2 Å². The topological polar surface area (TPSA) is 30.5 Å². The van der Waals surface area contributed by atoms with Gasteiger partial charge in [0.25, 0.3) is 0 Å². The van der Waals surface area contributed by atoms with Gasteiger partial charge in [0.2, 0.25) is 0 Å². The van der Waals surface area contributed by atoms with Crippen molar-refractivity contribution in [3.8, 4) is 11.5 Å². The highest BCUT2D eigenvalue weighted by molar-refractivity contribution is 5.44. The molecule has 1 aliphatic heterocycles. The van der Waals surface area contributed by atoms with Gasteiger partial charge in [-0.3, -0.25) is 0 Å². The van der Waals surface area contributed by atoms with Gasteiger partial charge < -0.3 is 14.8 Å². The lowest BCUT2D eigenvalue weighted by Gasteiger charge is -2.23. The number of rotatable bonds is 5. The molecule has 1 aliphatic rings. The molecule has 0 spiro atoms. The van der Waals surface area contributed by atoms with Crippen LogP contribution < -0.4 is 14.8 Å². The summed E-state index contributed by atoms with van der Waals surface area (Å²) in [7, 11) is 1.59. The SMILES string of the molecule is COc1cc(CC2CCNCC2)c(F)cc1OC(C)C. The van der Waals surface area contributed by atoms with Gasteiger partial charge in [0.15, 0.2) is 11.5 Å². The molecular formula is C16H24FNO2. The maximum atomic E-state index is 14.2. The van der Waals surface area contributed by atoms with Gasteiger partial charge in [-0.2, -0.15) is 0 Å². The van der Waals surface area contributed by atoms with E-state index in [9.17, 15) is 4.39 Å². The summed E-state index contributed by atoms with van der Waals surface area (Å²) < 4.78 is 25.1. The van der Waals surface area contributed by atoms with Crippen molar-refractivity contribution in [2.24, 2.45) is 5.92 Å². The highest BCUT2D eigenvalue weighted by Crippen LogP contribution is 2.32. The molecule has 0 aromatic heterocycles. The first-order chi connectivity index (χ1) is 9.60. The third-order valence-electron chi connectivity index (χ3n) is 3.66. The van der Waals surface area contributed by atoms with Crippen molar-refractivity contribution in [1.82, 2.24) is 5.32 Å². The van der Waals surface area contributed by atoms with Crippen LogP contribution in [0.4, 0.5) is 4.39 Å². The van der Waals surface area contributed by atoms with Gasteiger partial charge in [-0.1, -0.05) is 0 Å². The lowest BCUT2D eigenvalue weighted by Crippen LogP contribution is -2.28. The predicted octanol–water partition coefficient (Wildman–Crippen LogP) is 3.16. The smallest absolute Gasteiger partial charge is 0.164 e. The Hall–Kier alpha value is -1.29. The molecule has 0 amide bonds. The standard InChI is InChI=1S/C16H24FNO2/c1-11(2)20-16-10-14(17)13(9-15(16)19-3)8-12-4-6-18-7-5-12/h9-12,18H,4-8H2,1-3H3. The van der Waals surface area contributed by atoms with Gasteiger partial charge in [-0.05, 0) is 63.7 Å². The molecule has 1 aromatic carbocycles. The van der Waals surface area contributed by atoms with Gasteiger partial charge in [-0.15, -0.1) is 0 Å². The summed E-state index contributed by atoms with van der Waals surface area (Å²) in [6.07, 6.45) is 2.97. The zero-order valence-electron chi connectivity index (χ0n) is 12.5. The number of nitrogens with one attached hydrogen (secondary N) is 1. The van der Waals surface area contributed by atoms with Crippen LogP contribution in [0, 0.1) is 11.7 Å². The number of halogens is 1. The third-order valence-corrected chi connectivity index (χ3v) is 3.66. The van der Waals surface area contributed by atoms with E-state index in [0.29, 0.717) is 17.4 Å². The van der Waals surface area contributed by atoms with Crippen LogP contribution in [0.3, 0.4) is 0 Å². The van der Waals surface area contributed by atoms with E-state index < -0.39 is 0 Å². The van der Waals surface area contributed by atoms with E-state index in [1.54, 1.807) is 13.2 Å². The summed E-state index contributed by atoms with van der Waals surface area (Å²) in [6, 6.07) is 3.24. The molecule has 0 aliphatic carbocycles. The quantitative estimate of drug-likeness (QED) is 0.899. The molecule has 1 heterocycles. The summed E-state index contributed by atoms with van der Waals surface area (Å²) in [5.74, 6) is 1.45. The zero-order chi connectivity index (χ0) is 14.5. The van der Waals surface area contributed by atoms with Crippen molar-refractivity contribution < 1.29 is 13.9 Å². The Morgan fingerprint density at radius 1 is 1.25 bits per heavy atom. The van der Waals surface area contributed by atoms with E-state index >= 15 is 0 Å². The Bertz CT molecular complexity index is 442. The molecule has 20 heavy (non-hydrogen) atoms. The van der Waals surface area contributed by atoms with Gasteiger partial charge in [-0.25, -0.2) is 4.39 Å². The summed E-state index contributed by atoms with van der Waals surface area (Å²) in [5, 5.41) is 3.33. The molecule has 3 nitrogen and oxygen atoms in total. The van der Waals surface area contributed by atoms with E-state index in [1.807, 2.05) is 13.8 Å². The van der Waals surface area contributed by atoms with Crippen LogP contribution in [0.2, 0.25) is 0 Å². The number of hydrogen-bond donors (Lipinski definition) is 1. The summed E-state index contributed by atoms with van der Waals surface area (Å²) >= 11 is 0. The maximum Gasteiger partial charge on any atom is 0.164 e. The molecule has 0 bridgehead atoms. The highest BCUT2D eigenvalue weighted by atomic mass is 19.1. The summed E-state index contributed by atoms with van der Waals surface area (Å²) in [6.45, 7) is 5.89. The second kappa shape index (κ2) is 6.93. The first-order valence-corrected chi connectivity index (χ1v) is 7.34. The molecule has 1 aromatic rings. The molecular weight excluding hydrogens is 257 g/mol. The number of hydrogen-bond acceptors (Lipinski definition) is 3. The summed E-state index contributed by atoms with van der Waals surface area (Å²) in [5.41, 5.74) is 0.727. The van der Waals surface area contributed by atoms with Crippen molar-refractivity contribution in [3.63, 3.8) is 0 Å². The maximum absolute atomic E-state index is 14.2. The van der Waals surface area contributed by atoms with E-state index in [1.165, 1.54) is 6.07 Å². The second-order valence-electron chi connectivity index (χ2n) is 5.66. The molecule has 0 unspecified atom stereocenters. The first-order valence-electron chi connectivity index (χ1n) is 7.34. The minimum absolute atomic E-state index is 0.00133. The fourth-order valence-electron chi connectivity index (χ4n) is 2.64. The number of piperidine rings is 1. The van der Waals surface area contributed by atoms with E-state index in [0.717, 1.165) is 37.9 Å². The monoisotopic (exact) mass is 281 g/mol. The fourth-order valence-corrected chi connectivity index (χ4v) is 2.64. The Morgan fingerprint density at radius 2 is 1.95 bits per heavy atom. The molecule has 1 saturated heterocycles. The Balaban J connectivity index is 2.16. The second-order valence-corrected chi connectivity index (χ2v) is 5.66. The molecule has 2 rings (SSSR count). The predicted molar refractivity (Wildman–Crippen MR) is 78.0 cm³/mol. The Labute approximate surface area is 120 Å². The highest BCUT2D eigenvalue weighted by Gasteiger charge is 2.18. The molecule has 0 radical (unpaired) electrons. The number of methoxy groups -OCH3 is 1. The van der Waals surface area contributed by atoms with E-state index in [2.05, 4.69) is 5.32 Å². The molecule has 0 atom stereocenters. The van der Waals surface area contributed by atoms with Gasteiger partial charge in [0, 0.05) is 6.07 Å². The molecule has 0 saturated carbocycles. The van der Waals surface area contributed by atoms with Gasteiger partial charge in [0.05, 0.1) is 13.2 Å². The molecule has 1 N–H and O–H groups in total. The van der Waals surface area contributed by atoms with Crippen LogP contribution in [0.15, 0.2) is 12.1 Å². The van der Waals surface area contributed by atoms with Gasteiger partial charge in [0.1, 0.15) is 5.82 Å². The van der Waals surface area contributed by atoms with Crippen molar-refractivity contribution in [3.05, 3.63) is 23.5 Å². The number of benzene rings is 1. The molecule has 4 heteroatoms. The lowest BCUT2D eigenvalue weighted by atomic mass is 9.90. The van der Waals surface area contributed by atoms with Crippen LogP contribution in [-0.4, -0.2) is 26.3 Å². The van der Waals surface area contributed by atoms with Crippen LogP contribution in [0.5, 0.6) is 11.5 Å². The first kappa shape index (κ1) is 15.1. The summed E-state index contributed by atoms with van der Waals surface area (Å²) in [4.78, 5) is 0. The fraction of sp³-hybridized carbons (Fsp3) is 0.625. The largest absolute Gasteiger partial charge is 0.493 e. The Morgan fingerprint density at radius 3 is 2.55 bits per heavy atom. The van der Waals surface area contributed by atoms with E-state index in [-0.39, 0.29) is 11.9 Å². The average Bonchev–Trinajstić information content (AvgIpc) is 2.42. The van der Waals surface area contributed by atoms with E-state index in [4.69, 9.17) is 9.47 Å². The van der Waals surface area contributed by atoms with Crippen molar-refractivity contribution >= 4 is 0 Å². The van der Waals surface area contributed by atoms with Crippen molar-refractivity contribution in [2.75, 3.05) is 20.2 Å².